The molecule has 1 saturated heterocycles. The van der Waals surface area contributed by atoms with E-state index in [0.29, 0.717) is 39.1 Å². The molecule has 1 unspecified atom stereocenters. The molecule has 0 aliphatic carbocycles. The lowest BCUT2D eigenvalue weighted by Gasteiger charge is -2.33. The molecule has 1 aromatic heterocycles. The zero-order chi connectivity index (χ0) is 17.7. The van der Waals surface area contributed by atoms with Crippen LogP contribution in [0.2, 0.25) is 0 Å². The van der Waals surface area contributed by atoms with Gasteiger partial charge in [0, 0.05) is 45.9 Å². The molecule has 2 heterocycles. The molecule has 7 nitrogen and oxygen atoms in total. The highest BCUT2D eigenvalue weighted by molar-refractivity contribution is 5.83. The van der Waals surface area contributed by atoms with Crippen molar-refractivity contribution in [2.24, 2.45) is 5.92 Å². The Balaban J connectivity index is 1.89. The Morgan fingerprint density at radius 2 is 2.21 bits per heavy atom. The Morgan fingerprint density at radius 3 is 2.83 bits per heavy atom. The first-order valence-electron chi connectivity index (χ1n) is 8.46. The van der Waals surface area contributed by atoms with Crippen LogP contribution < -0.4 is 0 Å². The van der Waals surface area contributed by atoms with Gasteiger partial charge in [0.1, 0.15) is 0 Å². The van der Waals surface area contributed by atoms with E-state index in [1.807, 2.05) is 20.9 Å². The largest absolute Gasteiger partial charge is 0.383 e. The summed E-state index contributed by atoms with van der Waals surface area (Å²) in [4.78, 5) is 28.1. The molecule has 7 heteroatoms. The number of nitrogens with one attached hydrogen (secondary N) is 1. The summed E-state index contributed by atoms with van der Waals surface area (Å²) in [5.74, 6) is 0.114. The highest BCUT2D eigenvalue weighted by atomic mass is 16.5. The molecule has 1 N–H and O–H groups in total. The maximum atomic E-state index is 12.7. The van der Waals surface area contributed by atoms with Crippen LogP contribution in [0.4, 0.5) is 0 Å². The van der Waals surface area contributed by atoms with E-state index in [1.54, 1.807) is 16.9 Å². The van der Waals surface area contributed by atoms with Crippen molar-refractivity contribution in [1.29, 1.82) is 0 Å². The summed E-state index contributed by atoms with van der Waals surface area (Å²) >= 11 is 0. The second kappa shape index (κ2) is 8.28. The van der Waals surface area contributed by atoms with Crippen LogP contribution in [-0.4, -0.2) is 72.2 Å². The molecule has 0 spiro atoms. The zero-order valence-corrected chi connectivity index (χ0v) is 15.1. The molecule has 1 aromatic rings. The number of piperidine rings is 1. The zero-order valence-electron chi connectivity index (χ0n) is 15.1. The predicted octanol–water partition coefficient (Wildman–Crippen LogP) is 0.912. The molecule has 0 aromatic carbocycles. The number of carbonyl (C=O) groups is 2. The Hall–Kier alpha value is -1.89. The fourth-order valence-corrected chi connectivity index (χ4v) is 3.18. The Bertz CT molecular complexity index is 565. The van der Waals surface area contributed by atoms with E-state index < -0.39 is 0 Å². The standard InChI is InChI=1S/C17H28N4O3/c1-12-15(13(2)19-18-12)7-8-20(3)17(23)14-5-6-16(22)21(11-14)9-10-24-4/h14H,5-11H2,1-4H3,(H,18,19). The van der Waals surface area contributed by atoms with Crippen molar-refractivity contribution < 1.29 is 14.3 Å². The topological polar surface area (TPSA) is 78.5 Å². The number of H-pyrrole nitrogens is 1. The van der Waals surface area contributed by atoms with Crippen LogP contribution >= 0.6 is 0 Å². The summed E-state index contributed by atoms with van der Waals surface area (Å²) < 4.78 is 5.04. The first kappa shape index (κ1) is 18.4. The summed E-state index contributed by atoms with van der Waals surface area (Å²) in [6, 6.07) is 0. The van der Waals surface area contributed by atoms with E-state index in [0.717, 1.165) is 17.8 Å². The molecular formula is C17H28N4O3. The van der Waals surface area contributed by atoms with E-state index in [4.69, 9.17) is 4.74 Å². The number of likely N-dealkylation sites (N-methyl/N-ethyl adjacent to an activating group) is 1. The number of hydrogen-bond acceptors (Lipinski definition) is 4. The van der Waals surface area contributed by atoms with Crippen molar-refractivity contribution in [3.63, 3.8) is 0 Å². The number of methoxy groups -OCH3 is 1. The van der Waals surface area contributed by atoms with Gasteiger partial charge in [-0.15, -0.1) is 0 Å². The van der Waals surface area contributed by atoms with Gasteiger partial charge in [0.25, 0.3) is 0 Å². The van der Waals surface area contributed by atoms with Crippen LogP contribution in [-0.2, 0) is 20.7 Å². The van der Waals surface area contributed by atoms with Gasteiger partial charge in [0.05, 0.1) is 18.2 Å². The highest BCUT2D eigenvalue weighted by Gasteiger charge is 2.31. The SMILES string of the molecule is COCCN1CC(C(=O)N(C)CCc2c(C)n[nH]c2C)CCC1=O. The number of aromatic nitrogens is 2. The molecule has 2 amide bonds. The number of aromatic amines is 1. The van der Waals surface area contributed by atoms with Gasteiger partial charge >= 0.3 is 0 Å². The number of carbonyl (C=O) groups excluding carboxylic acids is 2. The molecule has 1 aliphatic rings. The third-order valence-electron chi connectivity index (χ3n) is 4.77. The summed E-state index contributed by atoms with van der Waals surface area (Å²) in [5, 5.41) is 7.17. The lowest BCUT2D eigenvalue weighted by atomic mass is 9.96. The normalized spacial score (nSPS) is 18.1. The highest BCUT2D eigenvalue weighted by Crippen LogP contribution is 2.20. The van der Waals surface area contributed by atoms with Gasteiger partial charge in [-0.3, -0.25) is 14.7 Å². The van der Waals surface area contributed by atoms with Crippen molar-refractivity contribution in [3.8, 4) is 0 Å². The first-order valence-corrected chi connectivity index (χ1v) is 8.46. The minimum Gasteiger partial charge on any atom is -0.383 e. The van der Waals surface area contributed by atoms with Crippen LogP contribution in [0, 0.1) is 19.8 Å². The maximum Gasteiger partial charge on any atom is 0.227 e. The number of ether oxygens (including phenoxy) is 1. The molecule has 1 atom stereocenters. The molecular weight excluding hydrogens is 308 g/mol. The van der Waals surface area contributed by atoms with Crippen molar-refractivity contribution in [2.45, 2.75) is 33.1 Å². The quantitative estimate of drug-likeness (QED) is 0.803. The lowest BCUT2D eigenvalue weighted by molar-refractivity contribution is -0.142. The Morgan fingerprint density at radius 1 is 1.46 bits per heavy atom. The first-order chi connectivity index (χ1) is 11.4. The summed E-state index contributed by atoms with van der Waals surface area (Å²) in [6.45, 7) is 6.17. The van der Waals surface area contributed by atoms with Crippen LogP contribution in [0.3, 0.4) is 0 Å². The van der Waals surface area contributed by atoms with Crippen LogP contribution in [0.25, 0.3) is 0 Å². The Kier molecular flexibility index (Phi) is 6.36. The van der Waals surface area contributed by atoms with Crippen molar-refractivity contribution in [3.05, 3.63) is 17.0 Å². The van der Waals surface area contributed by atoms with Crippen molar-refractivity contribution >= 4 is 11.8 Å². The third-order valence-corrected chi connectivity index (χ3v) is 4.77. The van der Waals surface area contributed by atoms with Gasteiger partial charge in [-0.1, -0.05) is 0 Å². The van der Waals surface area contributed by atoms with Gasteiger partial charge < -0.3 is 14.5 Å². The van der Waals surface area contributed by atoms with Crippen LogP contribution in [0.5, 0.6) is 0 Å². The minimum atomic E-state index is -0.115. The molecule has 1 aliphatic heterocycles. The van der Waals surface area contributed by atoms with E-state index in [9.17, 15) is 9.59 Å². The van der Waals surface area contributed by atoms with Gasteiger partial charge in [0.2, 0.25) is 11.8 Å². The molecule has 134 valence electrons. The fourth-order valence-electron chi connectivity index (χ4n) is 3.18. The maximum absolute atomic E-state index is 12.7. The third kappa shape index (κ3) is 4.35. The van der Waals surface area contributed by atoms with Gasteiger partial charge in [-0.05, 0) is 32.3 Å². The molecule has 1 fully saturated rings. The van der Waals surface area contributed by atoms with Gasteiger partial charge in [-0.2, -0.15) is 5.10 Å². The smallest absolute Gasteiger partial charge is 0.227 e. The minimum absolute atomic E-state index is 0.114. The van der Waals surface area contributed by atoms with Gasteiger partial charge in [0.15, 0.2) is 0 Å². The number of aryl methyl sites for hydroxylation is 2. The van der Waals surface area contributed by atoms with Crippen molar-refractivity contribution in [1.82, 2.24) is 20.0 Å². The molecule has 2 rings (SSSR count). The molecule has 0 saturated carbocycles. The summed E-state index contributed by atoms with van der Waals surface area (Å²) in [6.07, 6.45) is 1.86. The number of amides is 2. The van der Waals surface area contributed by atoms with Crippen LogP contribution in [0.15, 0.2) is 0 Å². The van der Waals surface area contributed by atoms with Crippen LogP contribution in [0.1, 0.15) is 29.8 Å². The molecule has 0 radical (unpaired) electrons. The molecule has 24 heavy (non-hydrogen) atoms. The van der Waals surface area contributed by atoms with Gasteiger partial charge in [-0.25, -0.2) is 0 Å². The predicted molar refractivity (Wildman–Crippen MR) is 90.6 cm³/mol. The van der Waals surface area contributed by atoms with E-state index in [1.165, 1.54) is 5.56 Å². The fraction of sp³-hybridized carbons (Fsp3) is 0.706. The second-order valence-electron chi connectivity index (χ2n) is 6.49. The summed E-state index contributed by atoms with van der Waals surface area (Å²) in [5.41, 5.74) is 3.22. The second-order valence-corrected chi connectivity index (χ2v) is 6.49. The average molecular weight is 336 g/mol. The number of hydrogen-bond donors (Lipinski definition) is 1. The van der Waals surface area contributed by atoms with E-state index in [-0.39, 0.29) is 17.7 Å². The average Bonchev–Trinajstić information content (AvgIpc) is 2.89. The Labute approximate surface area is 143 Å². The van der Waals surface area contributed by atoms with Crippen molar-refractivity contribution in [2.75, 3.05) is 40.4 Å². The molecule has 0 bridgehead atoms. The number of likely N-dealkylation sites (tertiary alicyclic amines) is 1. The lowest BCUT2D eigenvalue weighted by Crippen LogP contribution is -2.47. The van der Waals surface area contributed by atoms with E-state index in [2.05, 4.69) is 10.2 Å². The van der Waals surface area contributed by atoms with E-state index >= 15 is 0 Å². The monoisotopic (exact) mass is 336 g/mol. The summed E-state index contributed by atoms with van der Waals surface area (Å²) in [7, 11) is 3.45. The number of rotatable bonds is 7. The number of nitrogens with zero attached hydrogens (tertiary/aromatic N) is 3.